The molecule has 0 radical (unpaired) electrons. The number of hydrogen-bond acceptors (Lipinski definition) is 8. The molecule has 1 spiro atoms. The summed E-state index contributed by atoms with van der Waals surface area (Å²) < 4.78 is 11.4. The van der Waals surface area contributed by atoms with Crippen molar-refractivity contribution in [3.8, 4) is 0 Å². The van der Waals surface area contributed by atoms with Crippen molar-refractivity contribution in [1.82, 2.24) is 4.90 Å². The maximum absolute atomic E-state index is 10.2. The maximum atomic E-state index is 10.2. The number of fused-ring (bicyclic) bond motifs is 2. The zero-order chi connectivity index (χ0) is 21.8. The quantitative estimate of drug-likeness (QED) is 0.371. The molecule has 1 fully saturated rings. The van der Waals surface area contributed by atoms with Gasteiger partial charge in [0.25, 0.3) is 0 Å². The normalized spacial score (nSPS) is 27.5. The molecule has 1 saturated heterocycles. The summed E-state index contributed by atoms with van der Waals surface area (Å²) in [5.41, 5.74) is 0.987. The second kappa shape index (κ2) is 9.87. The SMILES string of the molecule is CCc1cc2c(s1)CCO[C@@]21CCN(C/C(C=NCC(C)(O)COC)=N/N)[C@@H](C)C1. The molecule has 3 atom stereocenters. The second-order valence-electron chi connectivity index (χ2n) is 8.79. The largest absolute Gasteiger partial charge is 0.386 e. The van der Waals surface area contributed by atoms with Crippen LogP contribution in [0.5, 0.6) is 0 Å². The number of nitrogens with zero attached hydrogens (tertiary/aromatic N) is 3. The van der Waals surface area contributed by atoms with E-state index in [1.165, 1.54) is 15.3 Å². The minimum atomic E-state index is -0.996. The van der Waals surface area contributed by atoms with Gasteiger partial charge in [0.2, 0.25) is 0 Å². The summed E-state index contributed by atoms with van der Waals surface area (Å²) in [5, 5.41) is 14.1. The lowest BCUT2D eigenvalue weighted by atomic mass is 9.79. The number of aryl methyl sites for hydroxylation is 1. The molecule has 0 aliphatic carbocycles. The average molecular weight is 437 g/mol. The number of aliphatic imine (C=N–C) groups is 1. The van der Waals surface area contributed by atoms with Gasteiger partial charge in [-0.2, -0.15) is 5.10 Å². The van der Waals surface area contributed by atoms with Crippen LogP contribution in [0.4, 0.5) is 0 Å². The lowest BCUT2D eigenvalue weighted by molar-refractivity contribution is -0.108. The van der Waals surface area contributed by atoms with Crippen molar-refractivity contribution in [2.75, 3.05) is 40.0 Å². The number of hydrazone groups is 1. The van der Waals surface area contributed by atoms with Crippen LogP contribution in [-0.2, 0) is 27.9 Å². The Bertz CT molecular complexity index is 776. The molecular formula is C22H36N4O3S. The highest BCUT2D eigenvalue weighted by Gasteiger charge is 2.44. The zero-order valence-electron chi connectivity index (χ0n) is 18.7. The molecule has 0 saturated carbocycles. The standard InChI is InChI=1S/C22H36N4O3S/c1-5-18-10-19-20(30-18)6-9-29-22(19)7-8-26(16(2)11-22)13-17(25-23)12-24-14-21(3,27)15-28-4/h10,12,16,27H,5-9,11,13-15,23H2,1-4H3/b24-12?,25-17+/t16-,21?,22+/m0/s1. The summed E-state index contributed by atoms with van der Waals surface area (Å²) in [6, 6.07) is 2.73. The van der Waals surface area contributed by atoms with Gasteiger partial charge in [-0.3, -0.25) is 9.89 Å². The molecule has 2 aliphatic rings. The van der Waals surface area contributed by atoms with Crippen LogP contribution in [0.3, 0.4) is 0 Å². The van der Waals surface area contributed by atoms with E-state index in [0.717, 1.165) is 38.8 Å². The fraction of sp³-hybridized carbons (Fsp3) is 0.727. The number of piperidine rings is 1. The van der Waals surface area contributed by atoms with E-state index >= 15 is 0 Å². The van der Waals surface area contributed by atoms with E-state index in [2.05, 4.69) is 34.9 Å². The lowest BCUT2D eigenvalue weighted by Gasteiger charge is -2.47. The fourth-order valence-electron chi connectivity index (χ4n) is 4.54. The van der Waals surface area contributed by atoms with Gasteiger partial charge in [0.1, 0.15) is 5.60 Å². The molecule has 30 heavy (non-hydrogen) atoms. The molecule has 1 unspecified atom stereocenters. The molecule has 0 aromatic carbocycles. The van der Waals surface area contributed by atoms with E-state index in [9.17, 15) is 5.11 Å². The Morgan fingerprint density at radius 2 is 2.37 bits per heavy atom. The summed E-state index contributed by atoms with van der Waals surface area (Å²) >= 11 is 1.96. The number of likely N-dealkylation sites (tertiary alicyclic amines) is 1. The van der Waals surface area contributed by atoms with Crippen molar-refractivity contribution in [2.45, 2.75) is 63.7 Å². The van der Waals surface area contributed by atoms with Gasteiger partial charge in [-0.15, -0.1) is 11.3 Å². The number of thiophene rings is 1. The number of ether oxygens (including phenoxy) is 2. The Morgan fingerprint density at radius 3 is 3.03 bits per heavy atom. The Balaban J connectivity index is 1.63. The molecular weight excluding hydrogens is 400 g/mol. The molecule has 0 bridgehead atoms. The highest BCUT2D eigenvalue weighted by Crippen LogP contribution is 2.46. The van der Waals surface area contributed by atoms with Crippen LogP contribution in [0.25, 0.3) is 0 Å². The Morgan fingerprint density at radius 1 is 1.57 bits per heavy atom. The fourth-order valence-corrected chi connectivity index (χ4v) is 5.72. The first kappa shape index (κ1) is 23.3. The van der Waals surface area contributed by atoms with E-state index in [4.69, 9.17) is 15.3 Å². The molecule has 3 rings (SSSR count). The van der Waals surface area contributed by atoms with Crippen molar-refractivity contribution in [3.63, 3.8) is 0 Å². The van der Waals surface area contributed by atoms with E-state index < -0.39 is 5.60 Å². The smallest absolute Gasteiger partial charge is 0.105 e. The summed E-state index contributed by atoms with van der Waals surface area (Å²) in [7, 11) is 1.56. The van der Waals surface area contributed by atoms with Gasteiger partial charge in [0.15, 0.2) is 0 Å². The van der Waals surface area contributed by atoms with Gasteiger partial charge in [-0.05, 0) is 44.7 Å². The topological polar surface area (TPSA) is 92.7 Å². The zero-order valence-corrected chi connectivity index (χ0v) is 19.5. The summed E-state index contributed by atoms with van der Waals surface area (Å²) in [5.74, 6) is 5.62. The van der Waals surface area contributed by atoms with Crippen molar-refractivity contribution < 1.29 is 14.6 Å². The molecule has 168 valence electrons. The van der Waals surface area contributed by atoms with Gasteiger partial charge in [-0.25, -0.2) is 0 Å². The first-order valence-corrected chi connectivity index (χ1v) is 11.6. The molecule has 3 heterocycles. The molecule has 1 aromatic rings. The van der Waals surface area contributed by atoms with Gasteiger partial charge >= 0.3 is 0 Å². The van der Waals surface area contributed by atoms with Gasteiger partial charge in [0.05, 0.1) is 31.1 Å². The number of methoxy groups -OCH3 is 1. The van der Waals surface area contributed by atoms with Crippen molar-refractivity contribution in [1.29, 1.82) is 0 Å². The van der Waals surface area contributed by atoms with Crippen molar-refractivity contribution in [3.05, 3.63) is 21.4 Å². The molecule has 2 aliphatic heterocycles. The third-order valence-corrected chi connectivity index (χ3v) is 7.46. The molecule has 8 heteroatoms. The van der Waals surface area contributed by atoms with E-state index in [1.54, 1.807) is 20.2 Å². The first-order valence-electron chi connectivity index (χ1n) is 10.8. The predicted octanol–water partition coefficient (Wildman–Crippen LogP) is 2.35. The summed E-state index contributed by atoms with van der Waals surface area (Å²) in [4.78, 5) is 9.69. The third-order valence-electron chi connectivity index (χ3n) is 6.12. The molecule has 3 N–H and O–H groups in total. The van der Waals surface area contributed by atoms with Gasteiger partial charge in [0, 0.05) is 48.6 Å². The van der Waals surface area contributed by atoms with Crippen molar-refractivity contribution in [2.24, 2.45) is 15.9 Å². The number of rotatable bonds is 8. The lowest BCUT2D eigenvalue weighted by Crippen LogP contribution is -2.51. The van der Waals surface area contributed by atoms with E-state index in [0.29, 0.717) is 18.3 Å². The summed E-state index contributed by atoms with van der Waals surface area (Å²) in [6.07, 6.45) is 5.73. The molecule has 1 aromatic heterocycles. The minimum absolute atomic E-state index is 0.152. The van der Waals surface area contributed by atoms with Crippen molar-refractivity contribution >= 4 is 23.3 Å². The van der Waals surface area contributed by atoms with Gasteiger partial charge in [-0.1, -0.05) is 6.92 Å². The number of aliphatic hydroxyl groups is 1. The van der Waals surface area contributed by atoms with Gasteiger partial charge < -0.3 is 20.4 Å². The highest BCUT2D eigenvalue weighted by atomic mass is 32.1. The maximum Gasteiger partial charge on any atom is 0.105 e. The van der Waals surface area contributed by atoms with Crippen LogP contribution in [0.1, 0.15) is 48.9 Å². The number of nitrogens with two attached hydrogens (primary N) is 1. The van der Waals surface area contributed by atoms with Crippen LogP contribution in [0.2, 0.25) is 0 Å². The van der Waals surface area contributed by atoms with Crippen LogP contribution >= 0.6 is 11.3 Å². The summed E-state index contributed by atoms with van der Waals surface area (Å²) in [6.45, 7) is 9.02. The van der Waals surface area contributed by atoms with E-state index in [-0.39, 0.29) is 18.8 Å². The van der Waals surface area contributed by atoms with Crippen LogP contribution < -0.4 is 5.84 Å². The van der Waals surface area contributed by atoms with Crippen LogP contribution in [0.15, 0.2) is 16.2 Å². The monoisotopic (exact) mass is 436 g/mol. The molecule has 7 nitrogen and oxygen atoms in total. The Hall–Kier alpha value is -1.32. The minimum Gasteiger partial charge on any atom is -0.386 e. The first-order chi connectivity index (χ1) is 14.3. The third kappa shape index (κ3) is 5.29. The van der Waals surface area contributed by atoms with Crippen LogP contribution in [-0.4, -0.2) is 73.5 Å². The van der Waals surface area contributed by atoms with Crippen LogP contribution in [0, 0.1) is 0 Å². The second-order valence-corrected chi connectivity index (χ2v) is 10.0. The van der Waals surface area contributed by atoms with E-state index in [1.807, 2.05) is 11.3 Å². The Kier molecular flexibility index (Phi) is 7.68. The molecule has 0 amide bonds. The Labute approximate surface area is 184 Å². The number of hydrogen-bond donors (Lipinski definition) is 2. The average Bonchev–Trinajstić information content (AvgIpc) is 3.14. The predicted molar refractivity (Wildman–Crippen MR) is 123 cm³/mol. The highest BCUT2D eigenvalue weighted by molar-refractivity contribution is 7.12.